The van der Waals surface area contributed by atoms with Crippen LogP contribution in [0.1, 0.15) is 20.8 Å². The van der Waals surface area contributed by atoms with E-state index in [2.05, 4.69) is 30.4 Å². The quantitative estimate of drug-likeness (QED) is 0.772. The molecule has 0 radical (unpaired) electrons. The van der Waals surface area contributed by atoms with Gasteiger partial charge in [0.2, 0.25) is 11.9 Å². The summed E-state index contributed by atoms with van der Waals surface area (Å²) in [5.74, 6) is 1.27. The van der Waals surface area contributed by atoms with Crippen LogP contribution < -0.4 is 10.2 Å². The Hall–Kier alpha value is -2.29. The maximum Gasteiger partial charge on any atom is 0.258 e. The van der Waals surface area contributed by atoms with Crippen LogP contribution >= 0.6 is 0 Å². The Morgan fingerprint density at radius 3 is 2.67 bits per heavy atom. The standard InChI is InChI=1S/C12H20N8O/c1-5-14-9-16-10(19(4)12(2,3)6-21)18-11(17-9)20-8-13-7-15-20/h7-8,21H,5-6H2,1-4H3,(H,14,16,17,18). The second kappa shape index (κ2) is 6.00. The lowest BCUT2D eigenvalue weighted by molar-refractivity contribution is 0.215. The number of aromatic nitrogens is 6. The third kappa shape index (κ3) is 3.24. The van der Waals surface area contributed by atoms with Crippen molar-refractivity contribution in [2.24, 2.45) is 0 Å². The summed E-state index contributed by atoms with van der Waals surface area (Å²) in [5.41, 5.74) is -0.496. The topological polar surface area (TPSA) is 105 Å². The van der Waals surface area contributed by atoms with Crippen LogP contribution in [0.5, 0.6) is 0 Å². The minimum atomic E-state index is -0.496. The second-order valence-corrected chi connectivity index (χ2v) is 5.16. The van der Waals surface area contributed by atoms with Crippen LogP contribution in [-0.2, 0) is 0 Å². The molecule has 2 N–H and O–H groups in total. The first-order valence-electron chi connectivity index (χ1n) is 6.67. The van der Waals surface area contributed by atoms with E-state index in [-0.39, 0.29) is 6.61 Å². The number of aliphatic hydroxyl groups excluding tert-OH is 1. The largest absolute Gasteiger partial charge is 0.394 e. The summed E-state index contributed by atoms with van der Waals surface area (Å²) < 4.78 is 1.46. The average molecular weight is 292 g/mol. The summed E-state index contributed by atoms with van der Waals surface area (Å²) in [6, 6.07) is 0. The molecule has 0 saturated carbocycles. The molecule has 0 aliphatic rings. The van der Waals surface area contributed by atoms with Crippen LogP contribution in [0.25, 0.3) is 5.95 Å². The van der Waals surface area contributed by atoms with E-state index in [9.17, 15) is 5.11 Å². The first-order chi connectivity index (χ1) is 9.97. The van der Waals surface area contributed by atoms with Crippen LogP contribution in [0.2, 0.25) is 0 Å². The summed E-state index contributed by atoms with van der Waals surface area (Å²) in [4.78, 5) is 18.7. The van der Waals surface area contributed by atoms with Gasteiger partial charge < -0.3 is 15.3 Å². The number of nitrogens with zero attached hydrogens (tertiary/aromatic N) is 7. The predicted octanol–water partition coefficient (Wildman–Crippen LogP) is 0.0912. The maximum atomic E-state index is 9.50. The molecule has 0 amide bonds. The zero-order valence-corrected chi connectivity index (χ0v) is 12.6. The van der Waals surface area contributed by atoms with E-state index in [1.54, 1.807) is 4.90 Å². The van der Waals surface area contributed by atoms with Gasteiger partial charge in [0.25, 0.3) is 5.95 Å². The molecule has 114 valence electrons. The highest BCUT2D eigenvalue weighted by Gasteiger charge is 2.26. The van der Waals surface area contributed by atoms with E-state index in [1.807, 2.05) is 27.8 Å². The summed E-state index contributed by atoms with van der Waals surface area (Å²) in [5, 5.41) is 16.6. The molecule has 2 rings (SSSR count). The highest BCUT2D eigenvalue weighted by molar-refractivity contribution is 5.41. The smallest absolute Gasteiger partial charge is 0.258 e. The Morgan fingerprint density at radius 2 is 2.10 bits per heavy atom. The fourth-order valence-electron chi connectivity index (χ4n) is 1.53. The average Bonchev–Trinajstić information content (AvgIpc) is 3.00. The van der Waals surface area contributed by atoms with E-state index < -0.39 is 5.54 Å². The molecule has 0 aromatic carbocycles. The number of likely N-dealkylation sites (N-methyl/N-ethyl adjacent to an activating group) is 1. The number of aliphatic hydroxyl groups is 1. The minimum absolute atomic E-state index is 0.0234. The van der Waals surface area contributed by atoms with E-state index in [4.69, 9.17) is 0 Å². The number of hydrogen-bond donors (Lipinski definition) is 2. The van der Waals surface area contributed by atoms with Crippen molar-refractivity contribution in [1.29, 1.82) is 0 Å². The Bertz CT molecular complexity index is 583. The lowest BCUT2D eigenvalue weighted by Crippen LogP contribution is -2.45. The molecule has 2 heterocycles. The fourth-order valence-corrected chi connectivity index (χ4v) is 1.53. The van der Waals surface area contributed by atoms with Crippen molar-refractivity contribution in [2.75, 3.05) is 30.4 Å². The van der Waals surface area contributed by atoms with E-state index >= 15 is 0 Å². The summed E-state index contributed by atoms with van der Waals surface area (Å²) >= 11 is 0. The molecule has 2 aromatic heterocycles. The zero-order valence-electron chi connectivity index (χ0n) is 12.6. The predicted molar refractivity (Wildman–Crippen MR) is 78.5 cm³/mol. The molecular formula is C12H20N8O. The monoisotopic (exact) mass is 292 g/mol. The normalized spacial score (nSPS) is 11.5. The fraction of sp³-hybridized carbons (Fsp3) is 0.583. The molecule has 0 bridgehead atoms. The molecule has 0 saturated heterocycles. The highest BCUT2D eigenvalue weighted by Crippen LogP contribution is 2.19. The zero-order chi connectivity index (χ0) is 15.5. The van der Waals surface area contributed by atoms with Crippen molar-refractivity contribution in [3.8, 4) is 5.95 Å². The van der Waals surface area contributed by atoms with E-state index in [0.717, 1.165) is 0 Å². The highest BCUT2D eigenvalue weighted by atomic mass is 16.3. The Balaban J connectivity index is 2.45. The molecular weight excluding hydrogens is 272 g/mol. The second-order valence-electron chi connectivity index (χ2n) is 5.16. The summed E-state index contributed by atoms with van der Waals surface area (Å²) in [6.07, 6.45) is 2.93. The SMILES string of the molecule is CCNc1nc(N(C)C(C)(C)CO)nc(-n2cncn2)n1. The third-order valence-electron chi connectivity index (χ3n) is 3.17. The first kappa shape index (κ1) is 15.1. The molecule has 0 fully saturated rings. The van der Waals surface area contributed by atoms with Gasteiger partial charge in [-0.2, -0.15) is 24.7 Å². The van der Waals surface area contributed by atoms with Crippen molar-refractivity contribution in [2.45, 2.75) is 26.3 Å². The molecule has 0 aliphatic carbocycles. The van der Waals surface area contributed by atoms with Gasteiger partial charge in [0.15, 0.2) is 0 Å². The molecule has 0 spiro atoms. The Kier molecular flexibility index (Phi) is 4.32. The van der Waals surface area contributed by atoms with Gasteiger partial charge in [0, 0.05) is 13.6 Å². The van der Waals surface area contributed by atoms with Crippen molar-refractivity contribution >= 4 is 11.9 Å². The molecule has 21 heavy (non-hydrogen) atoms. The Morgan fingerprint density at radius 1 is 1.33 bits per heavy atom. The van der Waals surface area contributed by atoms with Crippen LogP contribution in [0.4, 0.5) is 11.9 Å². The van der Waals surface area contributed by atoms with E-state index in [0.29, 0.717) is 24.4 Å². The summed E-state index contributed by atoms with van der Waals surface area (Å²) in [6.45, 7) is 6.43. The Labute approximate surface area is 123 Å². The lowest BCUT2D eigenvalue weighted by atomic mass is 10.1. The van der Waals surface area contributed by atoms with Gasteiger partial charge in [-0.25, -0.2) is 4.98 Å². The van der Waals surface area contributed by atoms with Gasteiger partial charge in [-0.1, -0.05) is 0 Å². The van der Waals surface area contributed by atoms with Gasteiger partial charge >= 0.3 is 0 Å². The van der Waals surface area contributed by atoms with Crippen molar-refractivity contribution in [3.05, 3.63) is 12.7 Å². The van der Waals surface area contributed by atoms with Gasteiger partial charge in [0.1, 0.15) is 12.7 Å². The number of hydrogen-bond acceptors (Lipinski definition) is 8. The third-order valence-corrected chi connectivity index (χ3v) is 3.17. The van der Waals surface area contributed by atoms with Crippen LogP contribution in [0.3, 0.4) is 0 Å². The molecule has 2 aromatic rings. The number of anilines is 2. The molecule has 0 unspecified atom stereocenters. The maximum absolute atomic E-state index is 9.50. The van der Waals surface area contributed by atoms with Gasteiger partial charge in [-0.15, -0.1) is 0 Å². The van der Waals surface area contributed by atoms with Gasteiger partial charge in [-0.05, 0) is 20.8 Å². The van der Waals surface area contributed by atoms with E-state index in [1.165, 1.54) is 17.3 Å². The van der Waals surface area contributed by atoms with Crippen molar-refractivity contribution < 1.29 is 5.11 Å². The lowest BCUT2D eigenvalue weighted by Gasteiger charge is -2.33. The molecule has 0 aliphatic heterocycles. The van der Waals surface area contributed by atoms with Gasteiger partial charge in [-0.3, -0.25) is 0 Å². The molecule has 9 heteroatoms. The van der Waals surface area contributed by atoms with Crippen molar-refractivity contribution in [1.82, 2.24) is 29.7 Å². The molecule has 9 nitrogen and oxygen atoms in total. The summed E-state index contributed by atoms with van der Waals surface area (Å²) in [7, 11) is 1.83. The minimum Gasteiger partial charge on any atom is -0.394 e. The van der Waals surface area contributed by atoms with Crippen LogP contribution in [0.15, 0.2) is 12.7 Å². The molecule has 0 atom stereocenters. The van der Waals surface area contributed by atoms with Crippen LogP contribution in [0, 0.1) is 0 Å². The van der Waals surface area contributed by atoms with Crippen molar-refractivity contribution in [3.63, 3.8) is 0 Å². The first-order valence-corrected chi connectivity index (χ1v) is 6.67. The van der Waals surface area contributed by atoms with Crippen LogP contribution in [-0.4, -0.2) is 60.6 Å². The number of rotatable bonds is 6. The van der Waals surface area contributed by atoms with Gasteiger partial charge in [0.05, 0.1) is 12.1 Å². The number of nitrogens with one attached hydrogen (secondary N) is 1.